The number of nitrogens with zero attached hydrogens (tertiary/aromatic N) is 2. The number of nitro benzene ring substituents is 2. The zero-order valence-electron chi connectivity index (χ0n) is 12.8. The number of nitrogens with one attached hydrogen (secondary N) is 1. The number of nitrogen functional groups attached to an aromatic ring is 1. The minimum absolute atomic E-state index is 0.133. The van der Waals surface area contributed by atoms with E-state index in [1.54, 1.807) is 0 Å². The summed E-state index contributed by atoms with van der Waals surface area (Å²) in [4.78, 5) is 19.4. The Morgan fingerprint density at radius 1 is 1.08 bits per heavy atom. The zero-order chi connectivity index (χ0) is 19.6. The molecule has 2 rings (SSSR count). The molecule has 0 aliphatic carbocycles. The van der Waals surface area contributed by atoms with Crippen LogP contribution >= 0.6 is 0 Å². The van der Waals surface area contributed by atoms with E-state index in [-0.39, 0.29) is 16.9 Å². The van der Waals surface area contributed by atoms with E-state index in [4.69, 9.17) is 10.3 Å². The molecule has 0 saturated carbocycles. The van der Waals surface area contributed by atoms with Crippen LogP contribution in [0.4, 0.5) is 28.4 Å². The first-order chi connectivity index (χ1) is 12.0. The minimum atomic E-state index is -4.91. The van der Waals surface area contributed by atoms with Crippen molar-refractivity contribution in [2.75, 3.05) is 11.1 Å². The lowest BCUT2D eigenvalue weighted by Gasteiger charge is -2.11. The van der Waals surface area contributed by atoms with Gasteiger partial charge in [-0.15, -0.1) is 0 Å². The molecule has 0 fully saturated rings. The third-order valence-electron chi connectivity index (χ3n) is 3.34. The van der Waals surface area contributed by atoms with Crippen LogP contribution in [-0.2, 0) is 16.7 Å². The van der Waals surface area contributed by atoms with Crippen molar-refractivity contribution in [3.63, 3.8) is 0 Å². The molecule has 0 bridgehead atoms. The third kappa shape index (κ3) is 3.85. The van der Waals surface area contributed by atoms with Crippen LogP contribution in [0.15, 0.2) is 35.2 Å². The molecule has 0 atom stereocenters. The van der Waals surface area contributed by atoms with Gasteiger partial charge in [0.05, 0.1) is 16.5 Å². The summed E-state index contributed by atoms with van der Waals surface area (Å²) in [5, 5.41) is 34.2. The van der Waals surface area contributed by atoms with E-state index in [1.807, 2.05) is 0 Å². The van der Waals surface area contributed by atoms with Gasteiger partial charge in [-0.05, 0) is 18.2 Å². The van der Waals surface area contributed by atoms with Crippen LogP contribution in [0.1, 0.15) is 5.56 Å². The fourth-order valence-corrected chi connectivity index (χ4v) is 2.64. The number of aliphatic hydroxyl groups excluding tert-OH is 1. The van der Waals surface area contributed by atoms with Gasteiger partial charge in [-0.2, -0.15) is 8.42 Å². The maximum atomic E-state index is 11.2. The topological polar surface area (TPSA) is 199 Å². The van der Waals surface area contributed by atoms with E-state index >= 15 is 0 Å². The first-order valence-electron chi connectivity index (χ1n) is 6.75. The molecule has 0 radical (unpaired) electrons. The molecule has 2 aromatic rings. The number of hydrogen-bond donors (Lipinski definition) is 4. The van der Waals surface area contributed by atoms with Gasteiger partial charge in [0.15, 0.2) is 5.69 Å². The fourth-order valence-electron chi connectivity index (χ4n) is 2.12. The van der Waals surface area contributed by atoms with Crippen LogP contribution in [0.2, 0.25) is 0 Å². The van der Waals surface area contributed by atoms with E-state index in [0.29, 0.717) is 12.1 Å². The van der Waals surface area contributed by atoms with E-state index in [0.717, 1.165) is 0 Å². The van der Waals surface area contributed by atoms with Crippen molar-refractivity contribution in [3.8, 4) is 0 Å². The third-order valence-corrected chi connectivity index (χ3v) is 4.18. The monoisotopic (exact) mass is 384 g/mol. The zero-order valence-corrected chi connectivity index (χ0v) is 13.6. The summed E-state index contributed by atoms with van der Waals surface area (Å²) in [6.45, 7) is -0.437. The van der Waals surface area contributed by atoms with Crippen LogP contribution in [-0.4, -0.2) is 27.9 Å². The maximum Gasteiger partial charge on any atom is 0.301 e. The molecule has 0 heterocycles. The van der Waals surface area contributed by atoms with Crippen LogP contribution in [0.5, 0.6) is 0 Å². The average Bonchev–Trinajstić information content (AvgIpc) is 2.55. The van der Waals surface area contributed by atoms with Gasteiger partial charge in [0.2, 0.25) is 0 Å². The highest BCUT2D eigenvalue weighted by Gasteiger charge is 2.30. The molecular weight excluding hydrogens is 372 g/mol. The van der Waals surface area contributed by atoms with Gasteiger partial charge in [0.25, 0.3) is 10.1 Å². The van der Waals surface area contributed by atoms with Crippen molar-refractivity contribution in [2.24, 2.45) is 0 Å². The second-order valence-corrected chi connectivity index (χ2v) is 6.44. The number of benzene rings is 2. The highest BCUT2D eigenvalue weighted by molar-refractivity contribution is 7.85. The summed E-state index contributed by atoms with van der Waals surface area (Å²) < 4.78 is 31.5. The molecule has 0 aromatic heterocycles. The molecule has 26 heavy (non-hydrogen) atoms. The predicted octanol–water partition coefficient (Wildman–Crippen LogP) is 1.57. The Balaban J connectivity index is 2.70. The Bertz CT molecular complexity index is 970. The average molecular weight is 384 g/mol. The summed E-state index contributed by atoms with van der Waals surface area (Å²) in [6, 6.07) is 5.04. The largest absolute Gasteiger partial charge is 0.398 e. The normalized spacial score (nSPS) is 11.2. The number of nitro groups is 2. The molecule has 12 nitrogen and oxygen atoms in total. The molecule has 0 amide bonds. The SMILES string of the molecule is Nc1ccc(Nc2c([N+](=O)[O-])cc(S(=O)(=O)O)cc2[N+](=O)[O-])cc1CO. The predicted molar refractivity (Wildman–Crippen MR) is 89.6 cm³/mol. The summed E-state index contributed by atoms with van der Waals surface area (Å²) >= 11 is 0. The standard InChI is InChI=1S/C13H12N4O8S/c14-10-2-1-8(3-7(10)6-18)15-13-11(16(19)20)4-9(26(23,24)25)5-12(13)17(21)22/h1-5,15,18H,6,14H2,(H,23,24,25). The Morgan fingerprint density at radius 2 is 1.62 bits per heavy atom. The van der Waals surface area contributed by atoms with Crippen LogP contribution in [0.25, 0.3) is 0 Å². The van der Waals surface area contributed by atoms with Crippen molar-refractivity contribution in [1.29, 1.82) is 0 Å². The van der Waals surface area contributed by atoms with Crippen molar-refractivity contribution in [1.82, 2.24) is 0 Å². The van der Waals surface area contributed by atoms with Gasteiger partial charge in [0, 0.05) is 29.1 Å². The first-order valence-corrected chi connectivity index (χ1v) is 8.19. The van der Waals surface area contributed by atoms with Gasteiger partial charge >= 0.3 is 11.4 Å². The number of nitrogens with two attached hydrogens (primary N) is 1. The molecular formula is C13H12N4O8S. The van der Waals surface area contributed by atoms with Crippen LogP contribution < -0.4 is 11.1 Å². The van der Waals surface area contributed by atoms with E-state index in [1.165, 1.54) is 18.2 Å². The second kappa shape index (κ2) is 6.91. The van der Waals surface area contributed by atoms with Gasteiger partial charge in [-0.25, -0.2) is 0 Å². The number of aliphatic hydroxyl groups is 1. The highest BCUT2D eigenvalue weighted by Crippen LogP contribution is 2.39. The van der Waals surface area contributed by atoms with Crippen molar-refractivity contribution in [3.05, 3.63) is 56.1 Å². The Hall–Kier alpha value is -3.29. The first kappa shape index (κ1) is 19.0. The van der Waals surface area contributed by atoms with E-state index in [9.17, 15) is 33.8 Å². The molecule has 0 aliphatic rings. The van der Waals surface area contributed by atoms with Gasteiger partial charge in [0.1, 0.15) is 4.90 Å². The fraction of sp³-hybridized carbons (Fsp3) is 0.0769. The smallest absolute Gasteiger partial charge is 0.301 e. The van der Waals surface area contributed by atoms with Crippen LogP contribution in [0, 0.1) is 20.2 Å². The van der Waals surface area contributed by atoms with Crippen LogP contribution in [0.3, 0.4) is 0 Å². The van der Waals surface area contributed by atoms with Crippen molar-refractivity contribution < 1.29 is 27.9 Å². The molecule has 0 aliphatic heterocycles. The summed E-state index contributed by atoms with van der Waals surface area (Å²) in [5.74, 6) is 0. The quantitative estimate of drug-likeness (QED) is 0.245. The van der Waals surface area contributed by atoms with Crippen molar-refractivity contribution in [2.45, 2.75) is 11.5 Å². The Kier molecular flexibility index (Phi) is 5.06. The molecule has 5 N–H and O–H groups in total. The van der Waals surface area contributed by atoms with Crippen molar-refractivity contribution >= 4 is 38.6 Å². The molecule has 13 heteroatoms. The molecule has 2 aromatic carbocycles. The van der Waals surface area contributed by atoms with Gasteiger partial charge in [-0.3, -0.25) is 24.8 Å². The molecule has 0 unspecified atom stereocenters. The lowest BCUT2D eigenvalue weighted by Crippen LogP contribution is -2.06. The minimum Gasteiger partial charge on any atom is -0.398 e. The number of hydrogen-bond acceptors (Lipinski definition) is 9. The summed E-state index contributed by atoms with van der Waals surface area (Å²) in [6.07, 6.45) is 0. The lowest BCUT2D eigenvalue weighted by molar-refractivity contribution is -0.392. The Morgan fingerprint density at radius 3 is 2.04 bits per heavy atom. The lowest BCUT2D eigenvalue weighted by atomic mass is 10.1. The summed E-state index contributed by atoms with van der Waals surface area (Å²) in [7, 11) is -4.91. The molecule has 0 spiro atoms. The second-order valence-electron chi connectivity index (χ2n) is 5.02. The number of rotatable bonds is 6. The van der Waals surface area contributed by atoms with E-state index < -0.39 is 48.5 Å². The van der Waals surface area contributed by atoms with Gasteiger partial charge in [-0.1, -0.05) is 0 Å². The van der Waals surface area contributed by atoms with Gasteiger partial charge < -0.3 is 16.2 Å². The number of anilines is 3. The molecule has 0 saturated heterocycles. The van der Waals surface area contributed by atoms with E-state index in [2.05, 4.69) is 5.32 Å². The highest BCUT2D eigenvalue weighted by atomic mass is 32.2. The maximum absolute atomic E-state index is 11.2. The molecule has 138 valence electrons. The Labute approximate surface area is 145 Å². The summed E-state index contributed by atoms with van der Waals surface area (Å²) in [5.41, 5.74) is 3.80.